The molecule has 0 N–H and O–H groups in total. The van der Waals surface area contributed by atoms with Gasteiger partial charge in [0, 0.05) is 11.9 Å². The van der Waals surface area contributed by atoms with Gasteiger partial charge in [-0.25, -0.2) is 0 Å². The molecule has 0 aromatic heterocycles. The van der Waals surface area contributed by atoms with Gasteiger partial charge in [0.15, 0.2) is 0 Å². The molecule has 0 spiro atoms. The Kier molecular flexibility index (Phi) is 11.8. The van der Waals surface area contributed by atoms with Crippen molar-refractivity contribution in [2.45, 2.75) is 18.2 Å². The molecule has 0 aliphatic heterocycles. The Labute approximate surface area is 129 Å². The summed E-state index contributed by atoms with van der Waals surface area (Å²) in [6.45, 7) is 2.45. The van der Waals surface area contributed by atoms with Gasteiger partial charge in [-0.05, 0) is 6.92 Å². The number of carboxylic acid groups (broad SMARTS) is 2. The fourth-order valence-corrected chi connectivity index (χ4v) is 0.585. The average Bonchev–Trinajstić information content (AvgIpc) is 1.85. The first-order chi connectivity index (χ1) is 4.80. The summed E-state index contributed by atoms with van der Waals surface area (Å²) in [6.07, 6.45) is 0. The number of carboxylic acids is 2. The summed E-state index contributed by atoms with van der Waals surface area (Å²) >= 11 is 2.73. The average molecular weight is 269 g/mol. The largest absolute Gasteiger partial charge is 1.00 e. The first-order valence-electron chi connectivity index (χ1n) is 2.91. The monoisotopic (exact) mass is 268 g/mol. The Morgan fingerprint density at radius 2 is 1.62 bits per heavy atom. The van der Waals surface area contributed by atoms with Gasteiger partial charge in [0.2, 0.25) is 0 Å². The molecule has 64 valence electrons. The molecule has 0 heterocycles. The molecule has 7 heteroatoms. The number of alkyl halides is 1. The third-order valence-electron chi connectivity index (χ3n) is 1.57. The molecule has 2 atom stereocenters. The summed E-state index contributed by atoms with van der Waals surface area (Å²) in [5.74, 6) is -4.02. The maximum absolute atomic E-state index is 10.3. The van der Waals surface area contributed by atoms with Crippen LogP contribution in [0.4, 0.5) is 0 Å². The number of carbonyl (C=O) groups is 2. The molecule has 0 aliphatic rings. The zero-order valence-corrected chi connectivity index (χ0v) is 13.7. The van der Waals surface area contributed by atoms with Crippen molar-refractivity contribution in [2.75, 3.05) is 0 Å². The van der Waals surface area contributed by atoms with E-state index in [4.69, 9.17) is 0 Å². The minimum absolute atomic E-state index is 0. The van der Waals surface area contributed by atoms with Crippen LogP contribution >= 0.6 is 15.9 Å². The predicted octanol–water partition coefficient (Wildman–Crippen LogP) is -7.72. The van der Waals surface area contributed by atoms with Gasteiger partial charge in [-0.15, -0.1) is 0 Å². The van der Waals surface area contributed by atoms with E-state index >= 15 is 0 Å². The molecular formula is C6H7BrNa2O4. The van der Waals surface area contributed by atoms with Crippen LogP contribution in [-0.4, -0.2) is 16.3 Å². The van der Waals surface area contributed by atoms with E-state index in [-0.39, 0.29) is 59.1 Å². The second kappa shape index (κ2) is 7.68. The molecule has 2 unspecified atom stereocenters. The Morgan fingerprint density at radius 3 is 1.69 bits per heavy atom. The third-order valence-corrected chi connectivity index (χ3v) is 2.58. The summed E-state index contributed by atoms with van der Waals surface area (Å²) in [5.41, 5.74) is 0. The SMILES string of the molecule is CC(C(=O)[O-])C(C)(Br)C(=O)[O-].[Na+].[Na+]. The van der Waals surface area contributed by atoms with Gasteiger partial charge >= 0.3 is 59.1 Å². The fraction of sp³-hybridized carbons (Fsp3) is 0.667. The van der Waals surface area contributed by atoms with Crippen molar-refractivity contribution in [2.24, 2.45) is 5.92 Å². The molecule has 0 aromatic carbocycles. The molecule has 0 bridgehead atoms. The third kappa shape index (κ3) is 5.77. The maximum Gasteiger partial charge on any atom is 1.00 e. The molecule has 0 aliphatic carbocycles. The molecule has 0 rings (SSSR count). The van der Waals surface area contributed by atoms with Gasteiger partial charge in [-0.2, -0.15) is 0 Å². The number of hydrogen-bond donors (Lipinski definition) is 0. The second-order valence-electron chi connectivity index (χ2n) is 2.40. The molecule has 4 nitrogen and oxygen atoms in total. The van der Waals surface area contributed by atoms with Crippen LogP contribution in [0.25, 0.3) is 0 Å². The molecule has 0 saturated carbocycles. The fourth-order valence-electron chi connectivity index (χ4n) is 0.398. The zero-order chi connectivity index (χ0) is 9.23. The Balaban J connectivity index is -0.000000500. The van der Waals surface area contributed by atoms with Crippen molar-refractivity contribution in [3.8, 4) is 0 Å². The van der Waals surface area contributed by atoms with Crippen LogP contribution in [0.15, 0.2) is 0 Å². The minimum Gasteiger partial charge on any atom is -0.550 e. The first-order valence-corrected chi connectivity index (χ1v) is 3.70. The number of aliphatic carboxylic acids is 2. The molecule has 0 saturated heterocycles. The van der Waals surface area contributed by atoms with E-state index in [1.165, 1.54) is 13.8 Å². The van der Waals surface area contributed by atoms with Gasteiger partial charge in [0.25, 0.3) is 0 Å². The van der Waals surface area contributed by atoms with Crippen LogP contribution in [0.2, 0.25) is 0 Å². The summed E-state index contributed by atoms with van der Waals surface area (Å²) < 4.78 is -1.56. The van der Waals surface area contributed by atoms with Gasteiger partial charge in [-0.3, -0.25) is 0 Å². The summed E-state index contributed by atoms with van der Waals surface area (Å²) in [7, 11) is 0. The molecule has 0 radical (unpaired) electrons. The topological polar surface area (TPSA) is 80.3 Å². The van der Waals surface area contributed by atoms with E-state index < -0.39 is 22.2 Å². The number of rotatable bonds is 3. The summed E-state index contributed by atoms with van der Waals surface area (Å²) in [5, 5.41) is 20.5. The Hall–Kier alpha value is 1.42. The first kappa shape index (κ1) is 19.9. The molecule has 13 heavy (non-hydrogen) atoms. The zero-order valence-electron chi connectivity index (χ0n) is 8.09. The number of halogens is 1. The van der Waals surface area contributed by atoms with Crippen molar-refractivity contribution in [3.63, 3.8) is 0 Å². The molecule has 0 fully saturated rings. The van der Waals surface area contributed by atoms with Crippen molar-refractivity contribution >= 4 is 27.9 Å². The van der Waals surface area contributed by atoms with Gasteiger partial charge in [0.05, 0.1) is 10.3 Å². The number of hydrogen-bond acceptors (Lipinski definition) is 4. The van der Waals surface area contributed by atoms with Crippen molar-refractivity contribution in [3.05, 3.63) is 0 Å². The van der Waals surface area contributed by atoms with Crippen LogP contribution in [0.5, 0.6) is 0 Å². The van der Waals surface area contributed by atoms with Gasteiger partial charge < -0.3 is 19.8 Å². The smallest absolute Gasteiger partial charge is 0.550 e. The van der Waals surface area contributed by atoms with Gasteiger partial charge in [-0.1, -0.05) is 22.9 Å². The standard InChI is InChI=1S/C6H9BrO4.2Na/c1-3(4(8)9)6(2,7)5(10)11;;/h3H,1-2H3,(H,8,9)(H,10,11);;/q;2*+1/p-2. The maximum atomic E-state index is 10.3. The van der Waals surface area contributed by atoms with Crippen LogP contribution in [-0.2, 0) is 9.59 Å². The molecule has 0 amide bonds. The van der Waals surface area contributed by atoms with E-state index in [0.29, 0.717) is 0 Å². The molecular weight excluding hydrogens is 262 g/mol. The minimum atomic E-state index is -1.56. The Bertz CT molecular complexity index is 195. The van der Waals surface area contributed by atoms with Crippen molar-refractivity contribution in [1.82, 2.24) is 0 Å². The van der Waals surface area contributed by atoms with Crippen LogP contribution < -0.4 is 69.3 Å². The van der Waals surface area contributed by atoms with Crippen molar-refractivity contribution < 1.29 is 78.9 Å². The van der Waals surface area contributed by atoms with Crippen LogP contribution in [0.1, 0.15) is 13.8 Å². The van der Waals surface area contributed by atoms with E-state index in [2.05, 4.69) is 15.9 Å². The van der Waals surface area contributed by atoms with E-state index in [1.807, 2.05) is 0 Å². The predicted molar refractivity (Wildman–Crippen MR) is 36.5 cm³/mol. The van der Waals surface area contributed by atoms with Crippen molar-refractivity contribution in [1.29, 1.82) is 0 Å². The van der Waals surface area contributed by atoms with E-state index in [0.717, 1.165) is 0 Å². The quantitative estimate of drug-likeness (QED) is 0.376. The molecule has 0 aromatic rings. The Morgan fingerprint density at radius 1 is 1.31 bits per heavy atom. The van der Waals surface area contributed by atoms with Crippen LogP contribution in [0.3, 0.4) is 0 Å². The summed E-state index contributed by atoms with van der Waals surface area (Å²) in [6, 6.07) is 0. The van der Waals surface area contributed by atoms with E-state index in [9.17, 15) is 19.8 Å². The number of carbonyl (C=O) groups excluding carboxylic acids is 2. The normalized spacial score (nSPS) is 15.6. The second-order valence-corrected chi connectivity index (χ2v) is 4.05. The van der Waals surface area contributed by atoms with E-state index in [1.54, 1.807) is 0 Å². The van der Waals surface area contributed by atoms with Gasteiger partial charge in [0.1, 0.15) is 0 Å². The van der Waals surface area contributed by atoms with Crippen LogP contribution in [0, 0.1) is 5.92 Å². The summed E-state index contributed by atoms with van der Waals surface area (Å²) in [4.78, 5) is 20.5.